The summed E-state index contributed by atoms with van der Waals surface area (Å²) in [4.78, 5) is 13.2. The Morgan fingerprint density at radius 3 is 2.86 bits per heavy atom. The van der Waals surface area contributed by atoms with Crippen molar-refractivity contribution in [3.63, 3.8) is 0 Å². The first-order valence-electron chi connectivity index (χ1n) is 5.05. The normalized spacial score (nSPS) is 27.0. The molecule has 1 heterocycles. The highest BCUT2D eigenvalue weighted by Gasteiger charge is 2.45. The van der Waals surface area contributed by atoms with Gasteiger partial charge in [0.25, 0.3) is 0 Å². The van der Waals surface area contributed by atoms with Crippen LogP contribution in [0.5, 0.6) is 0 Å². The fourth-order valence-electron chi connectivity index (χ4n) is 2.13. The molecule has 1 N–H and O–H groups in total. The Labute approximate surface area is 85.1 Å². The standard InChI is InChI=1S/C11H17NO2/c1-3-5-8-12-9-6-7-11(12,4-2)10(13)14/h4,6-9H2,1-2H3,(H,13,14). The van der Waals surface area contributed by atoms with Crippen LogP contribution in [-0.2, 0) is 4.79 Å². The molecule has 1 unspecified atom stereocenters. The zero-order valence-electron chi connectivity index (χ0n) is 8.84. The molecule has 0 saturated carbocycles. The zero-order chi connectivity index (χ0) is 10.6. The monoisotopic (exact) mass is 195 g/mol. The number of rotatable bonds is 3. The van der Waals surface area contributed by atoms with Crippen molar-refractivity contribution in [2.75, 3.05) is 13.1 Å². The average molecular weight is 195 g/mol. The minimum Gasteiger partial charge on any atom is -0.480 e. The van der Waals surface area contributed by atoms with Crippen molar-refractivity contribution in [3.05, 3.63) is 0 Å². The Morgan fingerprint density at radius 1 is 1.64 bits per heavy atom. The molecule has 0 amide bonds. The SMILES string of the molecule is CC#CCN1CCCC1(CC)C(=O)O. The molecule has 0 aromatic rings. The van der Waals surface area contributed by atoms with E-state index >= 15 is 0 Å². The predicted octanol–water partition coefficient (Wildman–Crippen LogP) is 1.34. The molecule has 1 rings (SSSR count). The minimum atomic E-state index is -0.699. The fraction of sp³-hybridized carbons (Fsp3) is 0.727. The summed E-state index contributed by atoms with van der Waals surface area (Å²) in [5.74, 6) is 5.06. The van der Waals surface area contributed by atoms with Crippen LogP contribution in [0.2, 0.25) is 0 Å². The molecule has 3 nitrogen and oxygen atoms in total. The molecule has 1 atom stereocenters. The Kier molecular flexibility index (Phi) is 3.54. The maximum Gasteiger partial charge on any atom is 0.324 e. The number of likely N-dealkylation sites (tertiary alicyclic amines) is 1. The number of aliphatic carboxylic acids is 1. The molecule has 3 heteroatoms. The van der Waals surface area contributed by atoms with Gasteiger partial charge in [0.2, 0.25) is 0 Å². The van der Waals surface area contributed by atoms with Crippen LogP contribution in [0, 0.1) is 11.8 Å². The number of hydrogen-bond acceptors (Lipinski definition) is 2. The van der Waals surface area contributed by atoms with E-state index in [1.54, 1.807) is 6.92 Å². The number of nitrogens with zero attached hydrogens (tertiary/aromatic N) is 1. The van der Waals surface area contributed by atoms with E-state index < -0.39 is 11.5 Å². The summed E-state index contributed by atoms with van der Waals surface area (Å²) >= 11 is 0. The van der Waals surface area contributed by atoms with E-state index in [9.17, 15) is 9.90 Å². The first-order chi connectivity index (χ1) is 6.67. The van der Waals surface area contributed by atoms with Crippen molar-refractivity contribution in [1.29, 1.82) is 0 Å². The molecule has 1 aliphatic heterocycles. The van der Waals surface area contributed by atoms with Gasteiger partial charge in [-0.2, -0.15) is 0 Å². The van der Waals surface area contributed by atoms with Gasteiger partial charge in [-0.15, -0.1) is 5.92 Å². The van der Waals surface area contributed by atoms with E-state index in [1.165, 1.54) is 0 Å². The smallest absolute Gasteiger partial charge is 0.324 e. The van der Waals surface area contributed by atoms with E-state index in [0.29, 0.717) is 13.0 Å². The van der Waals surface area contributed by atoms with Crippen molar-refractivity contribution >= 4 is 5.97 Å². The molecule has 78 valence electrons. The average Bonchev–Trinajstić information content (AvgIpc) is 2.58. The second kappa shape index (κ2) is 4.47. The predicted molar refractivity (Wildman–Crippen MR) is 54.9 cm³/mol. The highest BCUT2D eigenvalue weighted by molar-refractivity contribution is 5.79. The number of carboxylic acid groups (broad SMARTS) is 1. The van der Waals surface area contributed by atoms with Gasteiger partial charge in [0, 0.05) is 6.54 Å². The van der Waals surface area contributed by atoms with Crippen molar-refractivity contribution < 1.29 is 9.90 Å². The molecule has 14 heavy (non-hydrogen) atoms. The van der Waals surface area contributed by atoms with Crippen LogP contribution in [0.1, 0.15) is 33.1 Å². The lowest BCUT2D eigenvalue weighted by Crippen LogP contribution is -2.50. The van der Waals surface area contributed by atoms with E-state index in [-0.39, 0.29) is 0 Å². The number of hydrogen-bond donors (Lipinski definition) is 1. The zero-order valence-corrected chi connectivity index (χ0v) is 8.84. The largest absolute Gasteiger partial charge is 0.480 e. The molecule has 0 bridgehead atoms. The molecule has 0 aromatic heterocycles. The van der Waals surface area contributed by atoms with Crippen LogP contribution in [0.4, 0.5) is 0 Å². The van der Waals surface area contributed by atoms with Crippen LogP contribution in [0.3, 0.4) is 0 Å². The summed E-state index contributed by atoms with van der Waals surface area (Å²) in [5.41, 5.74) is -0.649. The van der Waals surface area contributed by atoms with Crippen LogP contribution in [-0.4, -0.2) is 34.6 Å². The second-order valence-electron chi connectivity index (χ2n) is 3.64. The maximum atomic E-state index is 11.2. The van der Waals surface area contributed by atoms with Gasteiger partial charge in [-0.3, -0.25) is 9.69 Å². The number of carboxylic acids is 1. The Balaban J connectivity index is 2.81. The molecule has 1 saturated heterocycles. The van der Waals surface area contributed by atoms with Gasteiger partial charge < -0.3 is 5.11 Å². The third-order valence-corrected chi connectivity index (χ3v) is 3.05. The van der Waals surface area contributed by atoms with Crippen LogP contribution in [0.15, 0.2) is 0 Å². The summed E-state index contributed by atoms with van der Waals surface area (Å²) in [7, 11) is 0. The van der Waals surface area contributed by atoms with E-state index in [1.807, 2.05) is 11.8 Å². The third kappa shape index (κ3) is 1.76. The molecular formula is C11H17NO2. The summed E-state index contributed by atoms with van der Waals surface area (Å²) in [6.45, 7) is 5.15. The molecule has 0 aromatic carbocycles. The molecule has 0 radical (unpaired) electrons. The topological polar surface area (TPSA) is 40.5 Å². The molecule has 0 spiro atoms. The van der Waals surface area contributed by atoms with Crippen LogP contribution in [0.25, 0.3) is 0 Å². The van der Waals surface area contributed by atoms with Gasteiger partial charge in [-0.1, -0.05) is 12.8 Å². The molecular weight excluding hydrogens is 178 g/mol. The first-order valence-corrected chi connectivity index (χ1v) is 5.05. The van der Waals surface area contributed by atoms with Crippen molar-refractivity contribution in [2.24, 2.45) is 0 Å². The van der Waals surface area contributed by atoms with E-state index in [4.69, 9.17) is 0 Å². The van der Waals surface area contributed by atoms with Gasteiger partial charge in [0.1, 0.15) is 5.54 Å². The van der Waals surface area contributed by atoms with Gasteiger partial charge in [-0.05, 0) is 26.2 Å². The quantitative estimate of drug-likeness (QED) is 0.691. The lowest BCUT2D eigenvalue weighted by molar-refractivity contribution is -0.149. The van der Waals surface area contributed by atoms with Gasteiger partial charge in [0.15, 0.2) is 0 Å². The van der Waals surface area contributed by atoms with Crippen molar-refractivity contribution in [2.45, 2.75) is 38.6 Å². The lowest BCUT2D eigenvalue weighted by Gasteiger charge is -2.32. The summed E-state index contributed by atoms with van der Waals surface area (Å²) in [6, 6.07) is 0. The van der Waals surface area contributed by atoms with Crippen molar-refractivity contribution in [3.8, 4) is 11.8 Å². The lowest BCUT2D eigenvalue weighted by atomic mass is 9.93. The highest BCUT2D eigenvalue weighted by atomic mass is 16.4. The Hall–Kier alpha value is -1.01. The van der Waals surface area contributed by atoms with E-state index in [2.05, 4.69) is 11.8 Å². The number of carbonyl (C=O) groups is 1. The summed E-state index contributed by atoms with van der Waals surface area (Å²) in [5, 5.41) is 9.24. The van der Waals surface area contributed by atoms with Crippen LogP contribution < -0.4 is 0 Å². The molecule has 1 fully saturated rings. The summed E-state index contributed by atoms with van der Waals surface area (Å²) < 4.78 is 0. The molecule has 1 aliphatic rings. The maximum absolute atomic E-state index is 11.2. The van der Waals surface area contributed by atoms with Gasteiger partial charge in [0.05, 0.1) is 6.54 Å². The minimum absolute atomic E-state index is 0.580. The van der Waals surface area contributed by atoms with Crippen LogP contribution >= 0.6 is 0 Å². The Morgan fingerprint density at radius 2 is 2.36 bits per heavy atom. The van der Waals surface area contributed by atoms with Gasteiger partial charge >= 0.3 is 5.97 Å². The fourth-order valence-corrected chi connectivity index (χ4v) is 2.13. The third-order valence-electron chi connectivity index (χ3n) is 3.05. The molecule has 0 aliphatic carbocycles. The summed E-state index contributed by atoms with van der Waals surface area (Å²) in [6.07, 6.45) is 2.38. The van der Waals surface area contributed by atoms with Gasteiger partial charge in [-0.25, -0.2) is 0 Å². The highest BCUT2D eigenvalue weighted by Crippen LogP contribution is 2.32. The second-order valence-corrected chi connectivity index (χ2v) is 3.64. The first kappa shape index (κ1) is 11.1. The van der Waals surface area contributed by atoms with E-state index in [0.717, 1.165) is 19.4 Å². The van der Waals surface area contributed by atoms with Crippen molar-refractivity contribution in [1.82, 2.24) is 4.90 Å². The Bertz CT molecular complexity index is 277.